The van der Waals surface area contributed by atoms with Crippen LogP contribution < -0.4 is 15.8 Å². The van der Waals surface area contributed by atoms with Gasteiger partial charge in [0.25, 0.3) is 0 Å². The SMILES string of the molecule is O=C(O)CS(=O)(=O)Nc1ccc2[nH]c(=O)c(=O)[nH]c2c1. The van der Waals surface area contributed by atoms with Crippen LogP contribution in [0.3, 0.4) is 0 Å². The molecule has 1 heterocycles. The quantitative estimate of drug-likeness (QED) is 0.534. The summed E-state index contributed by atoms with van der Waals surface area (Å²) in [6.07, 6.45) is 0. The Labute approximate surface area is 111 Å². The number of carbonyl (C=O) groups is 1. The second-order valence-corrected chi connectivity index (χ2v) is 5.65. The van der Waals surface area contributed by atoms with E-state index >= 15 is 0 Å². The van der Waals surface area contributed by atoms with Crippen molar-refractivity contribution in [2.75, 3.05) is 10.5 Å². The molecule has 1 aromatic heterocycles. The fourth-order valence-corrected chi connectivity index (χ4v) is 2.44. The molecule has 0 saturated carbocycles. The van der Waals surface area contributed by atoms with Crippen LogP contribution in [-0.2, 0) is 14.8 Å². The number of aliphatic carboxylic acids is 1. The van der Waals surface area contributed by atoms with Gasteiger partial charge in [-0.15, -0.1) is 0 Å². The molecular formula is C10H9N3O6S. The van der Waals surface area contributed by atoms with Gasteiger partial charge in [0.05, 0.1) is 16.7 Å². The smallest absolute Gasteiger partial charge is 0.320 e. The van der Waals surface area contributed by atoms with Crippen molar-refractivity contribution in [2.45, 2.75) is 0 Å². The minimum atomic E-state index is -4.03. The van der Waals surface area contributed by atoms with Gasteiger partial charge in [-0.1, -0.05) is 0 Å². The van der Waals surface area contributed by atoms with Crippen molar-refractivity contribution in [1.82, 2.24) is 9.97 Å². The van der Waals surface area contributed by atoms with Crippen LogP contribution in [0.4, 0.5) is 5.69 Å². The van der Waals surface area contributed by atoms with Gasteiger partial charge in [0.15, 0.2) is 5.75 Å². The zero-order valence-corrected chi connectivity index (χ0v) is 10.7. The number of hydrogen-bond donors (Lipinski definition) is 4. The average molecular weight is 299 g/mol. The highest BCUT2D eigenvalue weighted by Gasteiger charge is 2.15. The third-order valence-electron chi connectivity index (χ3n) is 2.31. The molecule has 0 atom stereocenters. The van der Waals surface area contributed by atoms with Gasteiger partial charge < -0.3 is 15.1 Å². The van der Waals surface area contributed by atoms with E-state index in [4.69, 9.17) is 5.11 Å². The standard InChI is InChI=1S/C10H9N3O6S/c14-8(15)4-20(18,19)13-5-1-2-6-7(3-5)12-10(17)9(16)11-6/h1-3,13H,4H2,(H,11,16)(H,12,17)(H,14,15). The fourth-order valence-electron chi connectivity index (χ4n) is 1.56. The maximum atomic E-state index is 11.4. The molecule has 0 aliphatic carbocycles. The van der Waals surface area contributed by atoms with E-state index in [1.165, 1.54) is 18.2 Å². The second kappa shape index (κ2) is 4.81. The van der Waals surface area contributed by atoms with Crippen LogP contribution >= 0.6 is 0 Å². The number of sulfonamides is 1. The fraction of sp³-hybridized carbons (Fsp3) is 0.100. The van der Waals surface area contributed by atoms with E-state index in [9.17, 15) is 22.8 Å². The molecule has 2 aromatic rings. The van der Waals surface area contributed by atoms with E-state index in [0.717, 1.165) is 0 Å². The number of aromatic nitrogens is 2. The van der Waals surface area contributed by atoms with Crippen LogP contribution in [0.25, 0.3) is 11.0 Å². The maximum absolute atomic E-state index is 11.4. The Balaban J connectivity index is 2.42. The summed E-state index contributed by atoms with van der Waals surface area (Å²) < 4.78 is 24.9. The molecule has 4 N–H and O–H groups in total. The minimum absolute atomic E-state index is 0.0708. The largest absolute Gasteiger partial charge is 0.480 e. The van der Waals surface area contributed by atoms with Crippen molar-refractivity contribution in [3.05, 3.63) is 38.9 Å². The Kier molecular flexibility index (Phi) is 3.32. The normalized spacial score (nSPS) is 11.4. The van der Waals surface area contributed by atoms with Crippen LogP contribution in [0.15, 0.2) is 27.8 Å². The number of fused-ring (bicyclic) bond motifs is 1. The zero-order valence-electron chi connectivity index (χ0n) is 9.84. The molecule has 0 aliphatic rings. The van der Waals surface area contributed by atoms with Crippen molar-refractivity contribution in [1.29, 1.82) is 0 Å². The summed E-state index contributed by atoms with van der Waals surface area (Å²) in [5.74, 6) is -2.57. The Bertz CT molecular complexity index is 895. The highest BCUT2D eigenvalue weighted by atomic mass is 32.2. The van der Waals surface area contributed by atoms with Crippen molar-refractivity contribution < 1.29 is 18.3 Å². The van der Waals surface area contributed by atoms with Crippen LogP contribution in [0, 0.1) is 0 Å². The van der Waals surface area contributed by atoms with Gasteiger partial charge in [0, 0.05) is 0 Å². The molecule has 2 rings (SSSR count). The van der Waals surface area contributed by atoms with E-state index in [0.29, 0.717) is 5.52 Å². The predicted octanol–water partition coefficient (Wildman–Crippen LogP) is -0.957. The maximum Gasteiger partial charge on any atom is 0.320 e. The van der Waals surface area contributed by atoms with Gasteiger partial charge in [-0.05, 0) is 18.2 Å². The van der Waals surface area contributed by atoms with Crippen molar-refractivity contribution in [2.24, 2.45) is 0 Å². The highest BCUT2D eigenvalue weighted by molar-refractivity contribution is 7.93. The lowest BCUT2D eigenvalue weighted by Crippen LogP contribution is -2.29. The number of nitrogens with one attached hydrogen (secondary N) is 3. The first-order valence-corrected chi connectivity index (χ1v) is 6.91. The van der Waals surface area contributed by atoms with Crippen molar-refractivity contribution >= 4 is 32.7 Å². The van der Waals surface area contributed by atoms with Crippen LogP contribution in [0.5, 0.6) is 0 Å². The molecule has 0 unspecified atom stereocenters. The molecule has 0 saturated heterocycles. The van der Waals surface area contributed by atoms with Gasteiger partial charge in [-0.25, -0.2) is 8.42 Å². The Morgan fingerprint density at radius 1 is 1.15 bits per heavy atom. The third kappa shape index (κ3) is 3.03. The Morgan fingerprint density at radius 3 is 2.35 bits per heavy atom. The molecule has 0 fully saturated rings. The Morgan fingerprint density at radius 2 is 1.75 bits per heavy atom. The van der Waals surface area contributed by atoms with Gasteiger partial charge in [0.2, 0.25) is 10.0 Å². The first kappa shape index (κ1) is 13.8. The summed E-state index contributed by atoms with van der Waals surface area (Å²) in [5, 5.41) is 8.46. The van der Waals surface area contributed by atoms with E-state index in [-0.39, 0.29) is 11.2 Å². The van der Waals surface area contributed by atoms with Gasteiger partial charge >= 0.3 is 17.1 Å². The minimum Gasteiger partial charge on any atom is -0.480 e. The summed E-state index contributed by atoms with van der Waals surface area (Å²) in [6, 6.07) is 3.98. The summed E-state index contributed by atoms with van der Waals surface area (Å²) in [7, 11) is -4.03. The average Bonchev–Trinajstić information content (AvgIpc) is 2.28. The lowest BCUT2D eigenvalue weighted by molar-refractivity contribution is -0.134. The molecule has 10 heteroatoms. The zero-order chi connectivity index (χ0) is 14.9. The molecule has 20 heavy (non-hydrogen) atoms. The second-order valence-electron chi connectivity index (χ2n) is 3.92. The molecule has 106 valence electrons. The first-order valence-electron chi connectivity index (χ1n) is 5.25. The molecule has 1 aromatic carbocycles. The Hall–Kier alpha value is -2.62. The number of hydrogen-bond acceptors (Lipinski definition) is 5. The summed E-state index contributed by atoms with van der Waals surface area (Å²) in [4.78, 5) is 37.2. The number of anilines is 1. The molecule has 0 amide bonds. The lowest BCUT2D eigenvalue weighted by atomic mass is 10.3. The summed E-state index contributed by atoms with van der Waals surface area (Å²) in [6.45, 7) is 0. The lowest BCUT2D eigenvalue weighted by Gasteiger charge is -2.06. The molecule has 0 spiro atoms. The van der Waals surface area contributed by atoms with E-state index in [1.54, 1.807) is 0 Å². The number of aromatic amines is 2. The van der Waals surface area contributed by atoms with Crippen LogP contribution in [-0.4, -0.2) is 35.2 Å². The number of H-pyrrole nitrogens is 2. The van der Waals surface area contributed by atoms with E-state index in [2.05, 4.69) is 14.7 Å². The number of carboxylic acids is 1. The number of benzene rings is 1. The van der Waals surface area contributed by atoms with E-state index in [1.807, 2.05) is 0 Å². The van der Waals surface area contributed by atoms with Crippen LogP contribution in [0.1, 0.15) is 0 Å². The summed E-state index contributed by atoms with van der Waals surface area (Å²) in [5.41, 5.74) is -1.10. The van der Waals surface area contributed by atoms with Gasteiger partial charge in [-0.2, -0.15) is 0 Å². The van der Waals surface area contributed by atoms with Crippen molar-refractivity contribution in [3.63, 3.8) is 0 Å². The first-order chi connectivity index (χ1) is 9.27. The molecule has 9 nitrogen and oxygen atoms in total. The van der Waals surface area contributed by atoms with Gasteiger partial charge in [-0.3, -0.25) is 19.1 Å². The molecular weight excluding hydrogens is 290 g/mol. The third-order valence-corrected chi connectivity index (χ3v) is 3.48. The summed E-state index contributed by atoms with van der Waals surface area (Å²) >= 11 is 0. The molecule has 0 aliphatic heterocycles. The van der Waals surface area contributed by atoms with E-state index < -0.39 is 32.9 Å². The monoisotopic (exact) mass is 299 g/mol. The van der Waals surface area contributed by atoms with Crippen LogP contribution in [0.2, 0.25) is 0 Å². The highest BCUT2D eigenvalue weighted by Crippen LogP contribution is 2.15. The van der Waals surface area contributed by atoms with Gasteiger partial charge in [0.1, 0.15) is 0 Å². The number of rotatable bonds is 4. The number of carboxylic acid groups (broad SMARTS) is 1. The topological polar surface area (TPSA) is 149 Å². The molecule has 0 bridgehead atoms. The predicted molar refractivity (Wildman–Crippen MR) is 70.2 cm³/mol. The van der Waals surface area contributed by atoms with Crippen molar-refractivity contribution in [3.8, 4) is 0 Å². The molecule has 0 radical (unpaired) electrons.